The Labute approximate surface area is 192 Å². The number of aryl methyl sites for hydroxylation is 1. The van der Waals surface area contributed by atoms with Crippen molar-refractivity contribution in [1.29, 1.82) is 0 Å². The molecule has 1 aliphatic rings. The maximum absolute atomic E-state index is 13.1. The molecule has 1 fully saturated rings. The summed E-state index contributed by atoms with van der Waals surface area (Å²) >= 11 is 6.15. The first kappa shape index (κ1) is 22.3. The van der Waals surface area contributed by atoms with Crippen LogP contribution in [0.2, 0.25) is 5.02 Å². The topological polar surface area (TPSA) is 75.7 Å². The number of sulfonamides is 1. The quantitative estimate of drug-likeness (QED) is 0.517. The lowest BCUT2D eigenvalue weighted by atomic mass is 10.1. The van der Waals surface area contributed by atoms with Gasteiger partial charge in [0.2, 0.25) is 10.0 Å². The predicted molar refractivity (Wildman–Crippen MR) is 125 cm³/mol. The monoisotopic (exact) mass is 470 g/mol. The summed E-state index contributed by atoms with van der Waals surface area (Å²) < 4.78 is 33.2. The number of rotatable bonds is 6. The van der Waals surface area contributed by atoms with Gasteiger partial charge in [-0.05, 0) is 67.8 Å². The lowest BCUT2D eigenvalue weighted by Crippen LogP contribution is -2.28. The van der Waals surface area contributed by atoms with Crippen LogP contribution >= 0.6 is 11.6 Å². The number of hydrogen-bond acceptors (Lipinski definition) is 4. The number of para-hydroxylation sites is 1. The molecule has 0 atom stereocenters. The van der Waals surface area contributed by atoms with Gasteiger partial charge >= 0.3 is 0 Å². The fourth-order valence-corrected chi connectivity index (χ4v) is 5.29. The second-order valence-electron chi connectivity index (χ2n) is 7.60. The van der Waals surface area contributed by atoms with Crippen molar-refractivity contribution in [2.45, 2.75) is 24.7 Å². The van der Waals surface area contributed by atoms with Crippen LogP contribution in [-0.2, 0) is 10.0 Å². The van der Waals surface area contributed by atoms with E-state index in [0.717, 1.165) is 12.8 Å². The van der Waals surface area contributed by atoms with E-state index in [0.29, 0.717) is 40.9 Å². The maximum atomic E-state index is 13.1. The third-order valence-corrected chi connectivity index (χ3v) is 7.45. The Morgan fingerprint density at radius 3 is 2.44 bits per heavy atom. The molecular weight excluding hydrogens is 448 g/mol. The van der Waals surface area contributed by atoms with Gasteiger partial charge in [-0.3, -0.25) is 4.79 Å². The van der Waals surface area contributed by atoms with Gasteiger partial charge in [0.05, 0.1) is 10.6 Å². The van der Waals surface area contributed by atoms with Crippen LogP contribution in [0.25, 0.3) is 0 Å². The molecule has 8 heteroatoms. The maximum Gasteiger partial charge on any atom is 0.256 e. The highest BCUT2D eigenvalue weighted by Crippen LogP contribution is 2.33. The Kier molecular flexibility index (Phi) is 6.50. The number of nitrogens with zero attached hydrogens (tertiary/aromatic N) is 1. The molecule has 0 spiro atoms. The summed E-state index contributed by atoms with van der Waals surface area (Å²) in [5.74, 6) is 0.591. The van der Waals surface area contributed by atoms with E-state index in [9.17, 15) is 13.2 Å². The second kappa shape index (κ2) is 9.32. The fourth-order valence-electron chi connectivity index (χ4n) is 3.58. The Bertz CT molecular complexity index is 1240. The van der Waals surface area contributed by atoms with E-state index in [1.54, 1.807) is 49.4 Å². The first-order chi connectivity index (χ1) is 15.3. The smallest absolute Gasteiger partial charge is 0.256 e. The molecule has 32 heavy (non-hydrogen) atoms. The third-order valence-electron chi connectivity index (χ3n) is 5.32. The normalized spacial score (nSPS) is 14.3. The van der Waals surface area contributed by atoms with Gasteiger partial charge in [0.1, 0.15) is 5.75 Å². The average molecular weight is 471 g/mol. The fraction of sp³-hybridized carbons (Fsp3) is 0.208. The minimum absolute atomic E-state index is 0.113. The third kappa shape index (κ3) is 4.80. The van der Waals surface area contributed by atoms with Crippen LogP contribution in [0.1, 0.15) is 28.8 Å². The molecule has 0 aliphatic carbocycles. The van der Waals surface area contributed by atoms with Gasteiger partial charge in [-0.2, -0.15) is 4.31 Å². The highest BCUT2D eigenvalue weighted by molar-refractivity contribution is 7.89. The number of anilines is 1. The highest BCUT2D eigenvalue weighted by atomic mass is 35.5. The minimum atomic E-state index is -3.63. The molecular formula is C24H23ClN2O4S. The SMILES string of the molecule is Cc1ccc(S(=O)(=O)N2CCCC2)cc1C(=O)Nc1cc(Cl)ccc1Oc1ccccc1. The zero-order valence-electron chi connectivity index (χ0n) is 17.5. The molecule has 3 aromatic rings. The van der Waals surface area contributed by atoms with Gasteiger partial charge in [0, 0.05) is 23.7 Å². The molecule has 0 bridgehead atoms. The lowest BCUT2D eigenvalue weighted by Gasteiger charge is -2.17. The summed E-state index contributed by atoms with van der Waals surface area (Å²) in [7, 11) is -3.63. The van der Waals surface area contributed by atoms with Crippen molar-refractivity contribution in [2.75, 3.05) is 18.4 Å². The van der Waals surface area contributed by atoms with Gasteiger partial charge in [-0.1, -0.05) is 35.9 Å². The molecule has 1 amide bonds. The predicted octanol–water partition coefficient (Wildman–Crippen LogP) is 5.48. The molecule has 166 valence electrons. The van der Waals surface area contributed by atoms with Crippen molar-refractivity contribution in [3.8, 4) is 11.5 Å². The minimum Gasteiger partial charge on any atom is -0.455 e. The number of hydrogen-bond donors (Lipinski definition) is 1. The summed E-state index contributed by atoms with van der Waals surface area (Å²) in [5, 5.41) is 3.25. The molecule has 1 N–H and O–H groups in total. The molecule has 6 nitrogen and oxygen atoms in total. The molecule has 1 aliphatic heterocycles. The first-order valence-corrected chi connectivity index (χ1v) is 12.1. The molecule has 0 saturated carbocycles. The Balaban J connectivity index is 1.63. The van der Waals surface area contributed by atoms with Gasteiger partial charge in [-0.25, -0.2) is 8.42 Å². The van der Waals surface area contributed by atoms with Gasteiger partial charge in [0.25, 0.3) is 5.91 Å². The number of benzene rings is 3. The highest BCUT2D eigenvalue weighted by Gasteiger charge is 2.28. The van der Waals surface area contributed by atoms with Crippen molar-refractivity contribution in [1.82, 2.24) is 4.31 Å². The van der Waals surface area contributed by atoms with Gasteiger partial charge in [-0.15, -0.1) is 0 Å². The largest absolute Gasteiger partial charge is 0.455 e. The van der Waals surface area contributed by atoms with E-state index >= 15 is 0 Å². The van der Waals surface area contributed by atoms with Crippen molar-refractivity contribution in [3.63, 3.8) is 0 Å². The van der Waals surface area contributed by atoms with Crippen LogP contribution in [0.3, 0.4) is 0 Å². The van der Waals surface area contributed by atoms with Crippen molar-refractivity contribution in [2.24, 2.45) is 0 Å². The number of amides is 1. The average Bonchev–Trinajstić information content (AvgIpc) is 3.32. The molecule has 4 rings (SSSR count). The van der Waals surface area contributed by atoms with Gasteiger partial charge in [0.15, 0.2) is 5.75 Å². The van der Waals surface area contributed by atoms with E-state index in [1.165, 1.54) is 10.4 Å². The van der Waals surface area contributed by atoms with Crippen LogP contribution in [-0.4, -0.2) is 31.7 Å². The molecule has 0 aromatic heterocycles. The molecule has 1 heterocycles. The van der Waals surface area contributed by atoms with E-state index in [4.69, 9.17) is 16.3 Å². The number of halogens is 1. The van der Waals surface area contributed by atoms with Crippen LogP contribution in [0, 0.1) is 6.92 Å². The second-order valence-corrected chi connectivity index (χ2v) is 9.97. The summed E-state index contributed by atoms with van der Waals surface area (Å²) in [5.41, 5.74) is 1.32. The Morgan fingerprint density at radius 2 is 1.72 bits per heavy atom. The molecule has 0 unspecified atom stereocenters. The van der Waals surface area contributed by atoms with Crippen molar-refractivity contribution < 1.29 is 17.9 Å². The summed E-state index contributed by atoms with van der Waals surface area (Å²) in [4.78, 5) is 13.2. The van der Waals surface area contributed by atoms with Crippen LogP contribution < -0.4 is 10.1 Å². The van der Waals surface area contributed by atoms with Crippen LogP contribution in [0.4, 0.5) is 5.69 Å². The van der Waals surface area contributed by atoms with Crippen molar-refractivity contribution in [3.05, 3.63) is 82.9 Å². The number of ether oxygens (including phenoxy) is 1. The zero-order valence-corrected chi connectivity index (χ0v) is 19.1. The van der Waals surface area contributed by atoms with E-state index in [1.807, 2.05) is 18.2 Å². The number of carbonyl (C=O) groups is 1. The van der Waals surface area contributed by atoms with E-state index in [2.05, 4.69) is 5.32 Å². The summed E-state index contributed by atoms with van der Waals surface area (Å²) in [6, 6.07) is 18.7. The Morgan fingerprint density at radius 1 is 1.00 bits per heavy atom. The standard InChI is InChI=1S/C24H23ClN2O4S/c1-17-9-11-20(32(29,30)27-13-5-6-14-27)16-21(17)24(28)26-22-15-18(25)10-12-23(22)31-19-7-3-2-4-8-19/h2-4,7-12,15-16H,5-6,13-14H2,1H3,(H,26,28). The summed E-state index contributed by atoms with van der Waals surface area (Å²) in [6.45, 7) is 2.77. The van der Waals surface area contributed by atoms with Crippen molar-refractivity contribution >= 4 is 33.2 Å². The summed E-state index contributed by atoms with van der Waals surface area (Å²) in [6.07, 6.45) is 1.69. The number of nitrogens with one attached hydrogen (secondary N) is 1. The van der Waals surface area contributed by atoms with Crippen LogP contribution in [0.5, 0.6) is 11.5 Å². The van der Waals surface area contributed by atoms with Gasteiger partial charge < -0.3 is 10.1 Å². The molecule has 3 aromatic carbocycles. The number of carbonyl (C=O) groups excluding carboxylic acids is 1. The van der Waals surface area contributed by atoms with Crippen LogP contribution in [0.15, 0.2) is 71.6 Å². The zero-order chi connectivity index (χ0) is 22.7. The Hall–Kier alpha value is -2.87. The van der Waals surface area contributed by atoms with E-state index in [-0.39, 0.29) is 10.5 Å². The van der Waals surface area contributed by atoms with E-state index < -0.39 is 15.9 Å². The molecule has 1 saturated heterocycles. The lowest BCUT2D eigenvalue weighted by molar-refractivity contribution is 0.102. The first-order valence-electron chi connectivity index (χ1n) is 10.3. The molecule has 0 radical (unpaired) electrons.